The minimum Gasteiger partial charge on any atom is -0.431 e. The first-order chi connectivity index (χ1) is 16.2. The summed E-state index contributed by atoms with van der Waals surface area (Å²) in [7, 11) is 0. The van der Waals surface area contributed by atoms with Gasteiger partial charge in [-0.1, -0.05) is 67.5 Å². The maximum Gasteiger partial charge on any atom is 0.307 e. The van der Waals surface area contributed by atoms with Crippen molar-refractivity contribution in [1.29, 1.82) is 0 Å². The van der Waals surface area contributed by atoms with Crippen LogP contribution in [0, 0.1) is 57.2 Å². The topological polar surface area (TPSA) is 26.3 Å². The van der Waals surface area contributed by atoms with E-state index < -0.39 is 0 Å². The van der Waals surface area contributed by atoms with E-state index in [-0.39, 0.29) is 16.8 Å². The van der Waals surface area contributed by atoms with Crippen LogP contribution in [0.1, 0.15) is 120 Å². The molecule has 0 unspecified atom stereocenters. The molecule has 0 aromatic rings. The van der Waals surface area contributed by atoms with E-state index >= 15 is 0 Å². The highest BCUT2D eigenvalue weighted by Crippen LogP contribution is 2.76. The zero-order valence-corrected chi connectivity index (χ0v) is 24.4. The monoisotopic (exact) mass is 482 g/mol. The van der Waals surface area contributed by atoms with E-state index in [4.69, 9.17) is 4.74 Å². The van der Waals surface area contributed by atoms with E-state index in [1.54, 1.807) is 6.92 Å². The van der Waals surface area contributed by atoms with Crippen LogP contribution in [0.4, 0.5) is 0 Å². The molecular formula is C33H54O2. The number of fused-ring (bicyclic) bond motifs is 5. The average molecular weight is 483 g/mol. The van der Waals surface area contributed by atoms with Crippen LogP contribution in [0.25, 0.3) is 0 Å². The van der Waals surface area contributed by atoms with Gasteiger partial charge in [-0.25, -0.2) is 0 Å². The van der Waals surface area contributed by atoms with Crippen molar-refractivity contribution in [3.8, 4) is 0 Å². The third kappa shape index (κ3) is 4.08. The van der Waals surface area contributed by atoms with Crippen molar-refractivity contribution in [2.75, 3.05) is 0 Å². The van der Waals surface area contributed by atoms with Crippen molar-refractivity contribution in [2.45, 2.75) is 120 Å². The quantitative estimate of drug-likeness (QED) is 0.278. The van der Waals surface area contributed by atoms with Crippen molar-refractivity contribution in [1.82, 2.24) is 0 Å². The van der Waals surface area contributed by atoms with E-state index in [1.165, 1.54) is 56.9 Å². The lowest BCUT2D eigenvalue weighted by atomic mass is 9.36. The largest absolute Gasteiger partial charge is 0.431 e. The first-order valence-corrected chi connectivity index (χ1v) is 14.7. The Morgan fingerprint density at radius 1 is 1.00 bits per heavy atom. The molecule has 0 aromatic carbocycles. The van der Waals surface area contributed by atoms with Crippen LogP contribution in [0.3, 0.4) is 0 Å². The van der Waals surface area contributed by atoms with Gasteiger partial charge in [-0.05, 0) is 116 Å². The van der Waals surface area contributed by atoms with E-state index in [1.807, 2.05) is 0 Å². The summed E-state index contributed by atoms with van der Waals surface area (Å²) in [5.41, 5.74) is 2.30. The van der Waals surface area contributed by atoms with Crippen LogP contribution >= 0.6 is 0 Å². The Morgan fingerprint density at radius 2 is 1.66 bits per heavy atom. The van der Waals surface area contributed by atoms with Crippen molar-refractivity contribution in [2.24, 2.45) is 57.2 Å². The molecule has 8 atom stereocenters. The first-order valence-electron chi connectivity index (χ1n) is 14.7. The molecule has 4 aliphatic carbocycles. The van der Waals surface area contributed by atoms with Gasteiger partial charge in [-0.15, -0.1) is 0 Å². The average Bonchev–Trinajstić information content (AvgIpc) is 3.12. The summed E-state index contributed by atoms with van der Waals surface area (Å²) in [4.78, 5) is 12.2. The van der Waals surface area contributed by atoms with Crippen LogP contribution in [0.5, 0.6) is 0 Å². The van der Waals surface area contributed by atoms with Gasteiger partial charge in [-0.2, -0.15) is 0 Å². The molecule has 0 aromatic heterocycles. The molecular weight excluding hydrogens is 428 g/mol. The Morgan fingerprint density at radius 3 is 2.29 bits per heavy atom. The number of hydrogen-bond donors (Lipinski definition) is 0. The summed E-state index contributed by atoms with van der Waals surface area (Å²) >= 11 is 0. The molecule has 35 heavy (non-hydrogen) atoms. The Kier molecular flexibility index (Phi) is 6.98. The number of esters is 1. The maximum absolute atomic E-state index is 12.2. The van der Waals surface area contributed by atoms with Gasteiger partial charge in [0, 0.05) is 12.3 Å². The van der Waals surface area contributed by atoms with E-state index in [0.717, 1.165) is 29.9 Å². The van der Waals surface area contributed by atoms with Crippen molar-refractivity contribution in [3.05, 3.63) is 24.0 Å². The minimum absolute atomic E-state index is 0.0485. The van der Waals surface area contributed by atoms with Crippen LogP contribution < -0.4 is 0 Å². The second-order valence-corrected chi connectivity index (χ2v) is 14.8. The van der Waals surface area contributed by atoms with E-state index in [9.17, 15) is 4.79 Å². The zero-order valence-electron chi connectivity index (χ0n) is 24.4. The molecule has 2 nitrogen and oxygen atoms in total. The molecule has 4 aliphatic rings. The molecule has 0 amide bonds. The molecule has 3 saturated carbocycles. The first kappa shape index (κ1) is 27.0. The maximum atomic E-state index is 12.2. The van der Waals surface area contributed by atoms with Gasteiger partial charge < -0.3 is 4.74 Å². The lowest BCUT2D eigenvalue weighted by Gasteiger charge is -2.68. The summed E-state index contributed by atoms with van der Waals surface area (Å²) in [6.07, 6.45) is 13.7. The van der Waals surface area contributed by atoms with Gasteiger partial charge in [-0.3, -0.25) is 4.79 Å². The fraction of sp³-hybridized carbons (Fsp3) is 0.848. The summed E-state index contributed by atoms with van der Waals surface area (Å²) < 4.78 is 6.04. The molecule has 2 heteroatoms. The van der Waals surface area contributed by atoms with Gasteiger partial charge in [0.15, 0.2) is 0 Å². The zero-order chi connectivity index (χ0) is 26.0. The van der Waals surface area contributed by atoms with Gasteiger partial charge in [0.25, 0.3) is 0 Å². The third-order valence-electron chi connectivity index (χ3n) is 12.6. The molecule has 0 aliphatic heterocycles. The van der Waals surface area contributed by atoms with Gasteiger partial charge >= 0.3 is 5.97 Å². The molecule has 0 heterocycles. The van der Waals surface area contributed by atoms with Crippen molar-refractivity contribution < 1.29 is 9.53 Å². The molecule has 0 radical (unpaired) electrons. The van der Waals surface area contributed by atoms with Crippen LogP contribution in [0.15, 0.2) is 24.0 Å². The fourth-order valence-electron chi connectivity index (χ4n) is 10.2. The van der Waals surface area contributed by atoms with Crippen molar-refractivity contribution in [3.63, 3.8) is 0 Å². The number of allylic oxidation sites excluding steroid dienone is 3. The van der Waals surface area contributed by atoms with E-state index in [2.05, 4.69) is 68.0 Å². The Hall–Kier alpha value is -1.05. The summed E-state index contributed by atoms with van der Waals surface area (Å²) in [6.45, 7) is 25.7. The molecule has 0 bridgehead atoms. The molecule has 0 spiro atoms. The van der Waals surface area contributed by atoms with Gasteiger partial charge in [0.05, 0.1) is 0 Å². The van der Waals surface area contributed by atoms with Crippen LogP contribution in [0.2, 0.25) is 0 Å². The Labute approximate surface area is 216 Å². The lowest BCUT2D eigenvalue weighted by molar-refractivity contribution is -0.194. The second kappa shape index (κ2) is 9.05. The SMILES string of the molecule is C=C(CC[C@@H](C)[C@H]1CC[C@]2(C)[C@@H]1CC[C@@H]1[C@@]3(C)C(OC(C)=O)=CCC(C)(C)[C@@H]3CC[C@]12C)C(C)C. The number of carbonyl (C=O) groups is 1. The smallest absolute Gasteiger partial charge is 0.307 e. The highest BCUT2D eigenvalue weighted by Gasteiger charge is 2.69. The fourth-order valence-corrected chi connectivity index (χ4v) is 10.2. The minimum atomic E-state index is -0.152. The Bertz CT molecular complexity index is 880. The third-order valence-corrected chi connectivity index (χ3v) is 12.6. The normalized spacial score (nSPS) is 43.0. The van der Waals surface area contributed by atoms with Crippen molar-refractivity contribution >= 4 is 5.97 Å². The molecule has 0 N–H and O–H groups in total. The van der Waals surface area contributed by atoms with Gasteiger partial charge in [0.2, 0.25) is 0 Å². The predicted molar refractivity (Wildman–Crippen MR) is 147 cm³/mol. The molecule has 0 saturated heterocycles. The number of rotatable bonds is 6. The highest BCUT2D eigenvalue weighted by atomic mass is 16.5. The number of carbonyl (C=O) groups excluding carboxylic acids is 1. The van der Waals surface area contributed by atoms with Crippen LogP contribution in [-0.2, 0) is 9.53 Å². The number of ether oxygens (including phenoxy) is 1. The lowest BCUT2D eigenvalue weighted by Crippen LogP contribution is -2.62. The molecule has 4 rings (SSSR count). The standard InChI is InChI=1S/C33H54O2/c1-21(2)22(3)11-12-23(4)25-15-19-31(8)26(25)13-14-28-32(31,9)20-16-27-30(6,7)18-17-29(33(27,28)10)35-24(5)34/h17,21,23,25-28H,3,11-16,18-20H2,1-2,4-10H3/t23-,25-,26-,27+,28+,31-,32-,33+/m1/s1. The second-order valence-electron chi connectivity index (χ2n) is 14.8. The van der Waals surface area contributed by atoms with Crippen LogP contribution in [-0.4, -0.2) is 5.97 Å². The Balaban J connectivity index is 1.64. The van der Waals surface area contributed by atoms with E-state index in [0.29, 0.717) is 28.6 Å². The molecule has 3 fully saturated rings. The predicted octanol–water partition coefficient (Wildman–Crippen LogP) is 9.36. The molecule has 198 valence electrons. The summed E-state index contributed by atoms with van der Waals surface area (Å²) in [5.74, 6) is 5.04. The summed E-state index contributed by atoms with van der Waals surface area (Å²) in [5, 5.41) is 0. The van der Waals surface area contributed by atoms with Gasteiger partial charge in [0.1, 0.15) is 5.76 Å². The number of hydrogen-bond acceptors (Lipinski definition) is 2. The summed E-state index contributed by atoms with van der Waals surface area (Å²) in [6, 6.07) is 0. The highest BCUT2D eigenvalue weighted by molar-refractivity contribution is 5.67.